The topological polar surface area (TPSA) is 50.4 Å². The highest BCUT2D eigenvalue weighted by Gasteiger charge is 2.11. The van der Waals surface area contributed by atoms with Gasteiger partial charge in [0.1, 0.15) is 5.75 Å². The van der Waals surface area contributed by atoms with Gasteiger partial charge >= 0.3 is 0 Å². The third-order valence-electron chi connectivity index (χ3n) is 5.07. The molecule has 0 aliphatic heterocycles. The predicted octanol–water partition coefficient (Wildman–Crippen LogP) is 5.69. The number of rotatable bonds is 4. The summed E-state index contributed by atoms with van der Waals surface area (Å²) in [6.45, 7) is 0.676. The van der Waals surface area contributed by atoms with Crippen molar-refractivity contribution in [2.75, 3.05) is 0 Å². The Balaban J connectivity index is 1.63. The maximum Gasteiger partial charge on any atom is 0.230 e. The second-order valence-corrected chi connectivity index (χ2v) is 6.95. The van der Waals surface area contributed by atoms with Crippen LogP contribution < -0.4 is 0 Å². The predicted molar refractivity (Wildman–Crippen MR) is 118 cm³/mol. The van der Waals surface area contributed by atoms with Crippen LogP contribution in [0.2, 0.25) is 0 Å². The van der Waals surface area contributed by atoms with Crippen molar-refractivity contribution in [3.05, 3.63) is 102 Å². The molecule has 4 nitrogen and oxygen atoms in total. The van der Waals surface area contributed by atoms with Gasteiger partial charge in [-0.1, -0.05) is 72.8 Å². The van der Waals surface area contributed by atoms with Crippen molar-refractivity contribution < 1.29 is 5.11 Å². The van der Waals surface area contributed by atoms with Crippen LogP contribution in [0.1, 0.15) is 11.1 Å². The van der Waals surface area contributed by atoms with Crippen LogP contribution in [-0.2, 0) is 6.54 Å². The van der Waals surface area contributed by atoms with Crippen LogP contribution in [0.3, 0.4) is 0 Å². The first-order chi connectivity index (χ1) is 14.3. The number of imidazole rings is 1. The summed E-state index contributed by atoms with van der Waals surface area (Å²) in [5.41, 5.74) is 3.81. The first kappa shape index (κ1) is 17.2. The second kappa shape index (κ2) is 7.24. The average Bonchev–Trinajstić information content (AvgIpc) is 3.11. The molecule has 140 valence electrons. The number of aromatic nitrogens is 2. The van der Waals surface area contributed by atoms with Gasteiger partial charge in [0.05, 0.1) is 17.6 Å². The van der Waals surface area contributed by atoms with E-state index in [1.165, 1.54) is 5.56 Å². The maximum absolute atomic E-state index is 10.4. The summed E-state index contributed by atoms with van der Waals surface area (Å²) in [4.78, 5) is 9.40. The van der Waals surface area contributed by atoms with Gasteiger partial charge in [0.15, 0.2) is 0 Å². The molecule has 0 radical (unpaired) electrons. The number of fused-ring (bicyclic) bond motifs is 2. The number of phenols is 1. The van der Waals surface area contributed by atoms with Crippen LogP contribution in [0, 0.1) is 0 Å². The van der Waals surface area contributed by atoms with Gasteiger partial charge in [-0.2, -0.15) is 0 Å². The lowest BCUT2D eigenvalue weighted by atomic mass is 10.0. The van der Waals surface area contributed by atoms with Gasteiger partial charge in [-0.25, -0.2) is 9.98 Å². The van der Waals surface area contributed by atoms with Crippen LogP contribution >= 0.6 is 0 Å². The number of nitrogens with zero attached hydrogens (tertiary/aromatic N) is 3. The van der Waals surface area contributed by atoms with Gasteiger partial charge in [-0.3, -0.25) is 0 Å². The van der Waals surface area contributed by atoms with Gasteiger partial charge < -0.3 is 9.67 Å². The molecular weight excluding hydrogens is 358 g/mol. The molecule has 5 rings (SSSR count). The van der Waals surface area contributed by atoms with E-state index < -0.39 is 0 Å². The summed E-state index contributed by atoms with van der Waals surface area (Å²) in [6, 6.07) is 29.9. The lowest BCUT2D eigenvalue weighted by molar-refractivity contribution is 0.475. The number of aliphatic imine (C=N–C) groups is 1. The van der Waals surface area contributed by atoms with E-state index >= 15 is 0 Å². The van der Waals surface area contributed by atoms with E-state index in [9.17, 15) is 5.11 Å². The molecule has 0 spiro atoms. The molecule has 5 aromatic rings. The molecule has 0 saturated carbocycles. The number of phenolic OH excluding ortho intramolecular Hbond substituents is 1. The largest absolute Gasteiger partial charge is 0.507 e. The SMILES string of the molecule is Oc1ccc2ccccc2c1/C=N/c1nc2ccccc2n1Cc1ccccc1. The highest BCUT2D eigenvalue weighted by atomic mass is 16.3. The van der Waals surface area contributed by atoms with Crippen LogP contribution in [0.5, 0.6) is 5.75 Å². The molecule has 29 heavy (non-hydrogen) atoms. The molecule has 0 unspecified atom stereocenters. The van der Waals surface area contributed by atoms with E-state index in [0.717, 1.165) is 21.8 Å². The summed E-state index contributed by atoms with van der Waals surface area (Å²) in [5, 5.41) is 12.4. The monoisotopic (exact) mass is 377 g/mol. The molecule has 0 bridgehead atoms. The van der Waals surface area contributed by atoms with Crippen LogP contribution in [0.25, 0.3) is 21.8 Å². The summed E-state index contributed by atoms with van der Waals surface area (Å²) in [6.07, 6.45) is 1.71. The average molecular weight is 377 g/mol. The molecule has 0 aliphatic carbocycles. The molecule has 0 aliphatic rings. The maximum atomic E-state index is 10.4. The lowest BCUT2D eigenvalue weighted by Gasteiger charge is -2.07. The van der Waals surface area contributed by atoms with Crippen LogP contribution in [-0.4, -0.2) is 20.9 Å². The van der Waals surface area contributed by atoms with Gasteiger partial charge in [0, 0.05) is 11.8 Å². The van der Waals surface area contributed by atoms with Gasteiger partial charge in [-0.15, -0.1) is 0 Å². The summed E-state index contributed by atoms with van der Waals surface area (Å²) in [5.74, 6) is 0.820. The minimum atomic E-state index is 0.207. The molecular formula is C25H19N3O. The summed E-state index contributed by atoms with van der Waals surface area (Å²) >= 11 is 0. The molecule has 0 saturated heterocycles. The fourth-order valence-electron chi connectivity index (χ4n) is 3.63. The van der Waals surface area contributed by atoms with Crippen LogP contribution in [0.15, 0.2) is 96.0 Å². The standard InChI is InChI=1S/C25H19N3O/c29-24-15-14-19-10-4-5-11-20(19)21(24)16-26-25-27-22-12-6-7-13-23(22)28(25)17-18-8-2-1-3-9-18/h1-16,29H,17H2/b26-16+. The van der Waals surface area contributed by atoms with Gasteiger partial charge in [-0.05, 0) is 34.5 Å². The van der Waals surface area contributed by atoms with Crippen molar-refractivity contribution in [3.63, 3.8) is 0 Å². The first-order valence-electron chi connectivity index (χ1n) is 9.53. The molecule has 0 amide bonds. The zero-order valence-electron chi connectivity index (χ0n) is 15.7. The Hall–Kier alpha value is -3.92. The highest BCUT2D eigenvalue weighted by Crippen LogP contribution is 2.27. The Morgan fingerprint density at radius 2 is 1.59 bits per heavy atom. The quantitative estimate of drug-likeness (QED) is 0.409. The molecule has 0 fully saturated rings. The molecule has 1 N–H and O–H groups in total. The van der Waals surface area contributed by atoms with E-state index in [1.54, 1.807) is 12.3 Å². The molecule has 1 aromatic heterocycles. The Morgan fingerprint density at radius 3 is 2.48 bits per heavy atom. The Bertz CT molecular complexity index is 1340. The third kappa shape index (κ3) is 3.25. The zero-order valence-corrected chi connectivity index (χ0v) is 15.7. The molecule has 4 aromatic carbocycles. The van der Waals surface area contributed by atoms with Gasteiger partial charge in [0.2, 0.25) is 5.95 Å². The van der Waals surface area contributed by atoms with Crippen molar-refractivity contribution >= 4 is 34.0 Å². The fourth-order valence-corrected chi connectivity index (χ4v) is 3.63. The number of hydrogen-bond donors (Lipinski definition) is 1. The number of hydrogen-bond acceptors (Lipinski definition) is 3. The normalized spacial score (nSPS) is 11.6. The van der Waals surface area contributed by atoms with Crippen molar-refractivity contribution in [2.24, 2.45) is 4.99 Å². The zero-order chi connectivity index (χ0) is 19.6. The number of aromatic hydroxyl groups is 1. The van der Waals surface area contributed by atoms with Gasteiger partial charge in [0.25, 0.3) is 0 Å². The van der Waals surface area contributed by atoms with E-state index in [2.05, 4.69) is 27.8 Å². The van der Waals surface area contributed by atoms with E-state index in [4.69, 9.17) is 4.98 Å². The Morgan fingerprint density at radius 1 is 0.828 bits per heavy atom. The van der Waals surface area contributed by atoms with E-state index in [-0.39, 0.29) is 5.75 Å². The third-order valence-corrected chi connectivity index (χ3v) is 5.07. The van der Waals surface area contributed by atoms with Crippen LogP contribution in [0.4, 0.5) is 5.95 Å². The minimum absolute atomic E-state index is 0.207. The Kier molecular flexibility index (Phi) is 4.30. The second-order valence-electron chi connectivity index (χ2n) is 6.95. The smallest absolute Gasteiger partial charge is 0.230 e. The number of benzene rings is 4. The van der Waals surface area contributed by atoms with Crippen molar-refractivity contribution in [2.45, 2.75) is 6.54 Å². The molecule has 4 heteroatoms. The van der Waals surface area contributed by atoms with Crippen molar-refractivity contribution in [1.82, 2.24) is 9.55 Å². The molecule has 0 atom stereocenters. The lowest BCUT2D eigenvalue weighted by Crippen LogP contribution is -1.99. The minimum Gasteiger partial charge on any atom is -0.507 e. The fraction of sp³-hybridized carbons (Fsp3) is 0.0400. The Labute approximate surface area is 168 Å². The number of para-hydroxylation sites is 2. The molecule has 1 heterocycles. The van der Waals surface area contributed by atoms with Crippen molar-refractivity contribution in [1.29, 1.82) is 0 Å². The van der Waals surface area contributed by atoms with Crippen molar-refractivity contribution in [3.8, 4) is 5.75 Å². The summed E-state index contributed by atoms with van der Waals surface area (Å²) < 4.78 is 2.10. The highest BCUT2D eigenvalue weighted by molar-refractivity contribution is 6.03. The van der Waals surface area contributed by atoms with E-state index in [1.807, 2.05) is 66.7 Å². The van der Waals surface area contributed by atoms with E-state index in [0.29, 0.717) is 18.1 Å². The summed E-state index contributed by atoms with van der Waals surface area (Å²) in [7, 11) is 0. The first-order valence-corrected chi connectivity index (χ1v) is 9.53.